The molecular formula is C54H39N3. The lowest BCUT2D eigenvalue weighted by molar-refractivity contribution is 0.667. The summed E-state index contributed by atoms with van der Waals surface area (Å²) in [6.45, 7) is 0. The minimum absolute atomic E-state index is 1.12. The van der Waals surface area contributed by atoms with Crippen molar-refractivity contribution < 1.29 is 0 Å². The smallest absolute Gasteiger partial charge is 0.0618 e. The Morgan fingerprint density at radius 3 is 1.61 bits per heavy atom. The van der Waals surface area contributed by atoms with Crippen molar-refractivity contribution in [2.45, 2.75) is 25.7 Å². The quantitative estimate of drug-likeness (QED) is 0.168. The minimum Gasteiger partial charge on any atom is -0.313 e. The molecule has 270 valence electrons. The van der Waals surface area contributed by atoms with Crippen LogP contribution in [0.3, 0.4) is 0 Å². The average molecular weight is 730 g/mol. The maximum atomic E-state index is 2.55. The lowest BCUT2D eigenvalue weighted by Crippen LogP contribution is -2.06. The van der Waals surface area contributed by atoms with Crippen LogP contribution in [0.25, 0.3) is 93.8 Å². The highest BCUT2D eigenvalue weighted by Gasteiger charge is 2.25. The molecule has 3 heteroatoms. The Labute approximate surface area is 331 Å². The highest BCUT2D eigenvalue weighted by molar-refractivity contribution is 6.17. The van der Waals surface area contributed by atoms with Crippen molar-refractivity contribution in [2.75, 3.05) is 0 Å². The second-order valence-electron chi connectivity index (χ2n) is 15.5. The van der Waals surface area contributed by atoms with Gasteiger partial charge in [0, 0.05) is 49.4 Å². The fraction of sp³-hybridized carbons (Fsp3) is 0.0741. The Morgan fingerprint density at radius 2 is 0.895 bits per heavy atom. The molecule has 57 heavy (non-hydrogen) atoms. The van der Waals surface area contributed by atoms with E-state index in [-0.39, 0.29) is 0 Å². The molecule has 11 aromatic rings. The van der Waals surface area contributed by atoms with Crippen LogP contribution in [-0.2, 0) is 12.8 Å². The summed E-state index contributed by atoms with van der Waals surface area (Å²) in [6, 6.07) is 69.3. The Morgan fingerprint density at radius 1 is 0.351 bits per heavy atom. The van der Waals surface area contributed by atoms with Crippen LogP contribution >= 0.6 is 0 Å². The first-order valence-electron chi connectivity index (χ1n) is 20.2. The van der Waals surface area contributed by atoms with Crippen molar-refractivity contribution in [2.24, 2.45) is 0 Å². The number of aromatic nitrogens is 3. The largest absolute Gasteiger partial charge is 0.313 e. The molecule has 0 spiro atoms. The van der Waals surface area contributed by atoms with E-state index >= 15 is 0 Å². The molecular weight excluding hydrogens is 691 g/mol. The van der Waals surface area contributed by atoms with Crippen LogP contribution in [0.4, 0.5) is 0 Å². The lowest BCUT2D eigenvalue weighted by Gasteiger charge is -2.19. The zero-order valence-corrected chi connectivity index (χ0v) is 31.6. The number of rotatable bonds is 5. The molecule has 0 atom stereocenters. The summed E-state index contributed by atoms with van der Waals surface area (Å²) in [5.41, 5.74) is 17.5. The number of benzene rings is 8. The summed E-state index contributed by atoms with van der Waals surface area (Å²) >= 11 is 0. The standard InChI is InChI=1S/C54H39N3/c1-3-17-36(18-4-1)39-25-15-26-40(37-19-5-2-6-20-37)54(39)57-49-30-14-10-24-44(49)53-51(31-16-32-52(53)57)56-48-29-13-9-23-43(48)45-35-38(33-34-50(45)56)55-46-27-11-7-21-41(46)42-22-8-12-28-47(42)55/h1-7,9-11,13-21,23-27,29-35H,8,12,22,28H2. The molecule has 0 bridgehead atoms. The summed E-state index contributed by atoms with van der Waals surface area (Å²) in [4.78, 5) is 0. The molecule has 0 N–H and O–H groups in total. The Kier molecular flexibility index (Phi) is 7.18. The van der Waals surface area contributed by atoms with Gasteiger partial charge in [-0.15, -0.1) is 0 Å². The summed E-state index contributed by atoms with van der Waals surface area (Å²) in [5.74, 6) is 0. The van der Waals surface area contributed by atoms with Crippen LogP contribution in [0.15, 0.2) is 188 Å². The average Bonchev–Trinajstić information content (AvgIpc) is 3.92. The highest BCUT2D eigenvalue weighted by atomic mass is 15.0. The van der Waals surface area contributed by atoms with E-state index in [1.165, 1.54) is 118 Å². The van der Waals surface area contributed by atoms with Gasteiger partial charge in [-0.2, -0.15) is 0 Å². The Hall–Kier alpha value is -7.10. The van der Waals surface area contributed by atoms with Gasteiger partial charge in [0.25, 0.3) is 0 Å². The first-order valence-corrected chi connectivity index (χ1v) is 20.2. The van der Waals surface area contributed by atoms with E-state index in [4.69, 9.17) is 0 Å². The molecule has 3 nitrogen and oxygen atoms in total. The highest BCUT2D eigenvalue weighted by Crippen LogP contribution is 2.45. The molecule has 0 unspecified atom stereocenters. The molecule has 1 aliphatic rings. The van der Waals surface area contributed by atoms with Crippen molar-refractivity contribution >= 4 is 54.5 Å². The molecule has 0 saturated heterocycles. The predicted octanol–water partition coefficient (Wildman–Crippen LogP) is 14.0. The molecule has 0 amide bonds. The monoisotopic (exact) mass is 729 g/mol. The predicted molar refractivity (Wildman–Crippen MR) is 239 cm³/mol. The molecule has 0 fully saturated rings. The Bertz CT molecular complexity index is 3280. The van der Waals surface area contributed by atoms with Crippen LogP contribution in [0.2, 0.25) is 0 Å². The van der Waals surface area contributed by atoms with Crippen LogP contribution in [-0.4, -0.2) is 13.7 Å². The molecule has 0 saturated carbocycles. The Balaban J connectivity index is 1.15. The topological polar surface area (TPSA) is 14.8 Å². The molecule has 12 rings (SSSR count). The molecule has 8 aromatic carbocycles. The maximum absolute atomic E-state index is 2.55. The number of nitrogens with zero attached hydrogens (tertiary/aromatic N) is 3. The number of aryl methyl sites for hydroxylation is 1. The number of fused-ring (bicyclic) bond motifs is 9. The van der Waals surface area contributed by atoms with E-state index < -0.39 is 0 Å². The van der Waals surface area contributed by atoms with E-state index in [1.807, 2.05) is 0 Å². The van der Waals surface area contributed by atoms with Gasteiger partial charge in [0.15, 0.2) is 0 Å². The fourth-order valence-electron chi connectivity index (χ4n) is 10.1. The van der Waals surface area contributed by atoms with Gasteiger partial charge >= 0.3 is 0 Å². The van der Waals surface area contributed by atoms with Gasteiger partial charge < -0.3 is 13.7 Å². The normalized spacial score (nSPS) is 13.0. The fourth-order valence-corrected chi connectivity index (χ4v) is 10.1. The van der Waals surface area contributed by atoms with Crippen LogP contribution in [0, 0.1) is 0 Å². The molecule has 3 aromatic heterocycles. The van der Waals surface area contributed by atoms with Crippen molar-refractivity contribution in [1.82, 2.24) is 13.7 Å². The summed E-state index contributed by atoms with van der Waals surface area (Å²) in [5, 5.41) is 6.42. The van der Waals surface area contributed by atoms with E-state index in [0.717, 1.165) is 12.8 Å². The van der Waals surface area contributed by atoms with E-state index in [1.54, 1.807) is 0 Å². The van der Waals surface area contributed by atoms with Gasteiger partial charge in [0.2, 0.25) is 0 Å². The first kappa shape index (κ1) is 32.2. The molecule has 1 aliphatic carbocycles. The second kappa shape index (κ2) is 12.7. The van der Waals surface area contributed by atoms with Crippen molar-refractivity contribution in [1.29, 1.82) is 0 Å². The van der Waals surface area contributed by atoms with Gasteiger partial charge in [0.05, 0.1) is 39.0 Å². The lowest BCUT2D eigenvalue weighted by atomic mass is 9.95. The van der Waals surface area contributed by atoms with Gasteiger partial charge in [-0.25, -0.2) is 0 Å². The third-order valence-corrected chi connectivity index (χ3v) is 12.4. The van der Waals surface area contributed by atoms with Crippen LogP contribution in [0.1, 0.15) is 24.1 Å². The van der Waals surface area contributed by atoms with Crippen molar-refractivity contribution in [3.05, 3.63) is 199 Å². The summed E-state index contributed by atoms with van der Waals surface area (Å²) in [7, 11) is 0. The maximum Gasteiger partial charge on any atom is 0.0618 e. The van der Waals surface area contributed by atoms with Crippen LogP contribution in [0.5, 0.6) is 0 Å². The molecule has 0 aliphatic heterocycles. The SMILES string of the molecule is c1ccc(-c2cccc(-c3ccccc3)c2-n2c3ccccc3c3c(-n4c5ccccc5c5cc(-n6c7c(c8ccccc86)CCCC7)ccc54)cccc32)cc1. The van der Waals surface area contributed by atoms with E-state index in [0.29, 0.717) is 0 Å². The molecule has 3 heterocycles. The van der Waals surface area contributed by atoms with Gasteiger partial charge in [-0.1, -0.05) is 140 Å². The number of hydrogen-bond acceptors (Lipinski definition) is 0. The zero-order valence-electron chi connectivity index (χ0n) is 31.6. The summed E-state index contributed by atoms with van der Waals surface area (Å²) < 4.78 is 7.58. The minimum atomic E-state index is 1.12. The summed E-state index contributed by atoms with van der Waals surface area (Å²) in [6.07, 6.45) is 4.78. The van der Waals surface area contributed by atoms with Crippen LogP contribution < -0.4 is 0 Å². The first-order chi connectivity index (χ1) is 28.3. The number of hydrogen-bond donors (Lipinski definition) is 0. The van der Waals surface area contributed by atoms with Gasteiger partial charge in [-0.3, -0.25) is 0 Å². The zero-order chi connectivity index (χ0) is 37.5. The van der Waals surface area contributed by atoms with E-state index in [2.05, 4.69) is 202 Å². The third-order valence-electron chi connectivity index (χ3n) is 12.4. The van der Waals surface area contributed by atoms with Crippen molar-refractivity contribution in [3.63, 3.8) is 0 Å². The van der Waals surface area contributed by atoms with Gasteiger partial charge in [0.1, 0.15) is 0 Å². The third kappa shape index (κ3) is 4.79. The number of para-hydroxylation sites is 4. The van der Waals surface area contributed by atoms with E-state index in [9.17, 15) is 0 Å². The van der Waals surface area contributed by atoms with Gasteiger partial charge in [-0.05, 0) is 90.9 Å². The second-order valence-corrected chi connectivity index (χ2v) is 15.5. The van der Waals surface area contributed by atoms with Crippen molar-refractivity contribution in [3.8, 4) is 39.3 Å². The molecule has 0 radical (unpaired) electrons.